The molecule has 130 valence electrons. The fourth-order valence-corrected chi connectivity index (χ4v) is 3.26. The molecule has 2 aromatic heterocycles. The minimum absolute atomic E-state index is 0.162. The number of fused-ring (bicyclic) bond motifs is 1. The summed E-state index contributed by atoms with van der Waals surface area (Å²) in [5.41, 5.74) is 3.40. The van der Waals surface area contributed by atoms with Gasteiger partial charge in [0.1, 0.15) is 5.52 Å². The van der Waals surface area contributed by atoms with E-state index in [9.17, 15) is 4.79 Å². The Bertz CT molecular complexity index is 938. The quantitative estimate of drug-likeness (QED) is 0.656. The summed E-state index contributed by atoms with van der Waals surface area (Å²) in [6.45, 7) is 5.48. The fourth-order valence-electron chi connectivity index (χ4n) is 3.26. The van der Waals surface area contributed by atoms with Gasteiger partial charge in [-0.3, -0.25) is 4.57 Å². The van der Waals surface area contributed by atoms with Gasteiger partial charge in [-0.05, 0) is 43.5 Å². The largest absolute Gasteiger partial charge is 0.354 e. The lowest BCUT2D eigenvalue weighted by atomic mass is 10.1. The number of imidazole rings is 1. The van der Waals surface area contributed by atoms with Crippen LogP contribution in [-0.4, -0.2) is 39.2 Å². The standard InChI is InChI=1S/C18H22N6O/c1-12-4-2-3-5-14(12)11-24-16-15(22-18(24)25)10-21-17(23-16)20-9-13-6-7-19-8-13/h2-5,10,13,19H,6-9,11H2,1H3,(H,22,25)(H,20,21,23)/t13-/m1/s1. The van der Waals surface area contributed by atoms with Gasteiger partial charge in [0.15, 0.2) is 5.65 Å². The van der Waals surface area contributed by atoms with Crippen molar-refractivity contribution in [2.45, 2.75) is 19.9 Å². The molecule has 0 amide bonds. The summed E-state index contributed by atoms with van der Waals surface area (Å²) in [5.74, 6) is 1.16. The average molecular weight is 338 g/mol. The molecule has 1 atom stereocenters. The molecule has 3 N–H and O–H groups in total. The molecule has 25 heavy (non-hydrogen) atoms. The number of aromatic nitrogens is 4. The second-order valence-corrected chi connectivity index (χ2v) is 6.61. The number of nitrogens with zero attached hydrogens (tertiary/aromatic N) is 3. The average Bonchev–Trinajstić information content (AvgIpc) is 3.23. The topological polar surface area (TPSA) is 87.6 Å². The van der Waals surface area contributed by atoms with Crippen LogP contribution in [0.5, 0.6) is 0 Å². The second kappa shape index (κ2) is 6.68. The minimum atomic E-state index is -0.162. The molecule has 1 saturated heterocycles. The van der Waals surface area contributed by atoms with Gasteiger partial charge in [-0.1, -0.05) is 24.3 Å². The Morgan fingerprint density at radius 2 is 2.24 bits per heavy atom. The highest BCUT2D eigenvalue weighted by Crippen LogP contribution is 2.14. The molecule has 3 heterocycles. The van der Waals surface area contributed by atoms with Crippen LogP contribution in [0, 0.1) is 12.8 Å². The van der Waals surface area contributed by atoms with Crippen molar-refractivity contribution in [3.8, 4) is 0 Å². The van der Waals surface area contributed by atoms with E-state index >= 15 is 0 Å². The van der Waals surface area contributed by atoms with Gasteiger partial charge in [0.2, 0.25) is 5.95 Å². The van der Waals surface area contributed by atoms with Crippen LogP contribution in [-0.2, 0) is 6.54 Å². The van der Waals surface area contributed by atoms with E-state index in [1.54, 1.807) is 10.8 Å². The molecule has 7 heteroatoms. The number of hydrogen-bond donors (Lipinski definition) is 3. The van der Waals surface area contributed by atoms with Gasteiger partial charge in [0.25, 0.3) is 0 Å². The predicted molar refractivity (Wildman–Crippen MR) is 97.9 cm³/mol. The Kier molecular flexibility index (Phi) is 4.23. The van der Waals surface area contributed by atoms with Gasteiger partial charge in [-0.15, -0.1) is 0 Å². The van der Waals surface area contributed by atoms with Crippen molar-refractivity contribution in [2.75, 3.05) is 25.0 Å². The van der Waals surface area contributed by atoms with Crippen LogP contribution in [0.1, 0.15) is 17.5 Å². The van der Waals surface area contributed by atoms with Gasteiger partial charge in [-0.2, -0.15) is 4.98 Å². The summed E-state index contributed by atoms with van der Waals surface area (Å²) in [7, 11) is 0. The number of aryl methyl sites for hydroxylation is 1. The van der Waals surface area contributed by atoms with Crippen LogP contribution in [0.4, 0.5) is 5.95 Å². The maximum Gasteiger partial charge on any atom is 0.328 e. The molecule has 0 aliphatic carbocycles. The Labute approximate surface area is 145 Å². The highest BCUT2D eigenvalue weighted by Gasteiger charge is 2.15. The van der Waals surface area contributed by atoms with Crippen LogP contribution < -0.4 is 16.3 Å². The van der Waals surface area contributed by atoms with Crippen molar-refractivity contribution in [3.63, 3.8) is 0 Å². The summed E-state index contributed by atoms with van der Waals surface area (Å²) in [6, 6.07) is 8.07. The van der Waals surface area contributed by atoms with Crippen LogP contribution in [0.2, 0.25) is 0 Å². The summed E-state index contributed by atoms with van der Waals surface area (Å²) in [4.78, 5) is 24.1. The molecule has 0 spiro atoms. The van der Waals surface area contributed by atoms with Crippen LogP contribution in [0.15, 0.2) is 35.3 Å². The first-order valence-electron chi connectivity index (χ1n) is 8.65. The molecule has 0 unspecified atom stereocenters. The van der Waals surface area contributed by atoms with E-state index in [0.717, 1.165) is 37.2 Å². The molecular weight excluding hydrogens is 316 g/mol. The zero-order chi connectivity index (χ0) is 17.2. The highest BCUT2D eigenvalue weighted by atomic mass is 16.1. The molecule has 3 aromatic rings. The Morgan fingerprint density at radius 3 is 3.04 bits per heavy atom. The number of rotatable bonds is 5. The maximum atomic E-state index is 12.3. The first-order valence-corrected chi connectivity index (χ1v) is 8.65. The first kappa shape index (κ1) is 15.8. The highest BCUT2D eigenvalue weighted by molar-refractivity contribution is 5.71. The van der Waals surface area contributed by atoms with Crippen molar-refractivity contribution in [2.24, 2.45) is 5.92 Å². The third-order valence-electron chi connectivity index (χ3n) is 4.81. The zero-order valence-corrected chi connectivity index (χ0v) is 14.2. The van der Waals surface area contributed by atoms with E-state index in [2.05, 4.69) is 25.6 Å². The molecule has 1 aliphatic heterocycles. The molecule has 0 radical (unpaired) electrons. The van der Waals surface area contributed by atoms with Crippen molar-refractivity contribution in [1.82, 2.24) is 24.8 Å². The van der Waals surface area contributed by atoms with Gasteiger partial charge in [0.05, 0.1) is 12.7 Å². The summed E-state index contributed by atoms with van der Waals surface area (Å²) in [5, 5.41) is 6.65. The molecule has 1 fully saturated rings. The Morgan fingerprint density at radius 1 is 1.36 bits per heavy atom. The summed E-state index contributed by atoms with van der Waals surface area (Å²) < 4.78 is 1.67. The van der Waals surface area contributed by atoms with Gasteiger partial charge in [0, 0.05) is 6.54 Å². The number of H-pyrrole nitrogens is 1. The number of benzene rings is 1. The third kappa shape index (κ3) is 3.28. The van der Waals surface area contributed by atoms with Crippen molar-refractivity contribution >= 4 is 17.1 Å². The van der Waals surface area contributed by atoms with Crippen molar-refractivity contribution < 1.29 is 0 Å². The molecule has 0 saturated carbocycles. The molecule has 7 nitrogen and oxygen atoms in total. The maximum absolute atomic E-state index is 12.3. The van der Waals surface area contributed by atoms with E-state index in [4.69, 9.17) is 0 Å². The number of anilines is 1. The number of hydrogen-bond acceptors (Lipinski definition) is 5. The van der Waals surface area contributed by atoms with E-state index in [1.807, 2.05) is 31.2 Å². The Balaban J connectivity index is 1.62. The fraction of sp³-hybridized carbons (Fsp3) is 0.389. The first-order chi connectivity index (χ1) is 12.2. The van der Waals surface area contributed by atoms with Crippen LogP contribution in [0.3, 0.4) is 0 Å². The van der Waals surface area contributed by atoms with Crippen LogP contribution in [0.25, 0.3) is 11.2 Å². The molecular formula is C18H22N6O. The van der Waals surface area contributed by atoms with E-state index in [1.165, 1.54) is 0 Å². The van der Waals surface area contributed by atoms with Gasteiger partial charge >= 0.3 is 5.69 Å². The van der Waals surface area contributed by atoms with E-state index < -0.39 is 0 Å². The molecule has 1 aliphatic rings. The third-order valence-corrected chi connectivity index (χ3v) is 4.81. The van der Waals surface area contributed by atoms with Crippen LogP contribution >= 0.6 is 0 Å². The zero-order valence-electron chi connectivity index (χ0n) is 14.2. The predicted octanol–water partition coefficient (Wildman–Crippen LogP) is 1.50. The lowest BCUT2D eigenvalue weighted by molar-refractivity contribution is 0.613. The lowest BCUT2D eigenvalue weighted by Crippen LogP contribution is -2.19. The van der Waals surface area contributed by atoms with Gasteiger partial charge < -0.3 is 15.6 Å². The smallest absolute Gasteiger partial charge is 0.328 e. The monoisotopic (exact) mass is 338 g/mol. The Hall–Kier alpha value is -2.67. The lowest BCUT2D eigenvalue weighted by Gasteiger charge is -2.10. The normalized spacial score (nSPS) is 17.2. The summed E-state index contributed by atoms with van der Waals surface area (Å²) >= 11 is 0. The van der Waals surface area contributed by atoms with Gasteiger partial charge in [-0.25, -0.2) is 9.78 Å². The minimum Gasteiger partial charge on any atom is -0.354 e. The SMILES string of the molecule is Cc1ccccc1Cn1c(=O)[nH]c2cnc(NC[C@@H]3CCNC3)nc21. The number of nitrogens with one attached hydrogen (secondary N) is 3. The molecule has 4 rings (SSSR count). The van der Waals surface area contributed by atoms with Crippen molar-refractivity contribution in [3.05, 3.63) is 52.1 Å². The molecule has 0 bridgehead atoms. The number of aromatic amines is 1. The summed E-state index contributed by atoms with van der Waals surface area (Å²) in [6.07, 6.45) is 2.84. The van der Waals surface area contributed by atoms with E-state index in [0.29, 0.717) is 29.6 Å². The van der Waals surface area contributed by atoms with Crippen molar-refractivity contribution in [1.29, 1.82) is 0 Å². The second-order valence-electron chi connectivity index (χ2n) is 6.61. The van der Waals surface area contributed by atoms with E-state index in [-0.39, 0.29) is 5.69 Å². The molecule has 1 aromatic carbocycles.